The molecule has 0 aliphatic heterocycles. The molecule has 1 amide bonds. The van der Waals surface area contributed by atoms with Crippen LogP contribution in [-0.2, 0) is 14.3 Å². The van der Waals surface area contributed by atoms with Crippen LogP contribution in [0.5, 0.6) is 0 Å². The van der Waals surface area contributed by atoms with E-state index in [9.17, 15) is 18.8 Å². The SMILES string of the molecule is CSc1ccc(C(=O)CCC(=O)O[C@H](C)C(=O)Nc2ccc(C)c(F)c2)cc1. The third-order valence-corrected chi connectivity index (χ3v) is 4.83. The minimum atomic E-state index is -1.06. The number of esters is 1. The molecule has 0 bridgehead atoms. The number of hydrogen-bond acceptors (Lipinski definition) is 5. The number of thioether (sulfide) groups is 1. The van der Waals surface area contributed by atoms with Crippen molar-refractivity contribution in [2.45, 2.75) is 37.7 Å². The molecule has 0 fully saturated rings. The van der Waals surface area contributed by atoms with Gasteiger partial charge in [0.25, 0.3) is 5.91 Å². The molecule has 1 atom stereocenters. The first-order chi connectivity index (χ1) is 13.3. The van der Waals surface area contributed by atoms with Crippen LogP contribution >= 0.6 is 11.8 Å². The number of anilines is 1. The van der Waals surface area contributed by atoms with E-state index in [-0.39, 0.29) is 24.3 Å². The van der Waals surface area contributed by atoms with Gasteiger partial charge in [-0.3, -0.25) is 14.4 Å². The molecule has 2 aromatic carbocycles. The maximum Gasteiger partial charge on any atom is 0.307 e. The van der Waals surface area contributed by atoms with Gasteiger partial charge in [-0.15, -0.1) is 11.8 Å². The lowest BCUT2D eigenvalue weighted by atomic mass is 10.1. The highest BCUT2D eigenvalue weighted by molar-refractivity contribution is 7.98. The van der Waals surface area contributed by atoms with Crippen molar-refractivity contribution in [2.24, 2.45) is 0 Å². The Kier molecular flexibility index (Phi) is 7.75. The van der Waals surface area contributed by atoms with Gasteiger partial charge in [0.15, 0.2) is 11.9 Å². The Bertz CT molecular complexity index is 867. The van der Waals surface area contributed by atoms with Gasteiger partial charge in [-0.05, 0) is 49.9 Å². The molecular weight excluding hydrogens is 381 g/mol. The van der Waals surface area contributed by atoms with E-state index in [1.54, 1.807) is 43.0 Å². The fourth-order valence-electron chi connectivity index (χ4n) is 2.36. The molecule has 0 radical (unpaired) electrons. The van der Waals surface area contributed by atoms with E-state index >= 15 is 0 Å². The molecule has 0 spiro atoms. The molecule has 7 heteroatoms. The number of carbonyl (C=O) groups is 3. The van der Waals surface area contributed by atoms with Gasteiger partial charge in [0.05, 0.1) is 6.42 Å². The minimum Gasteiger partial charge on any atom is -0.453 e. The number of carbonyl (C=O) groups excluding carboxylic acids is 3. The largest absolute Gasteiger partial charge is 0.453 e. The third-order valence-electron chi connectivity index (χ3n) is 4.09. The Hall–Kier alpha value is -2.67. The smallest absolute Gasteiger partial charge is 0.307 e. The molecular formula is C21H22FNO4S. The van der Waals surface area contributed by atoms with E-state index in [1.807, 2.05) is 18.4 Å². The quantitative estimate of drug-likeness (QED) is 0.402. The number of benzene rings is 2. The lowest BCUT2D eigenvalue weighted by molar-refractivity contribution is -0.153. The average Bonchev–Trinajstić information content (AvgIpc) is 2.69. The maximum atomic E-state index is 13.5. The summed E-state index contributed by atoms with van der Waals surface area (Å²) in [6.07, 6.45) is 0.752. The highest BCUT2D eigenvalue weighted by atomic mass is 32.2. The van der Waals surface area contributed by atoms with Crippen LogP contribution in [0.25, 0.3) is 0 Å². The van der Waals surface area contributed by atoms with Crippen molar-refractivity contribution in [1.29, 1.82) is 0 Å². The van der Waals surface area contributed by atoms with Crippen molar-refractivity contribution in [3.05, 3.63) is 59.4 Å². The summed E-state index contributed by atoms with van der Waals surface area (Å²) in [5.41, 5.74) is 1.27. The zero-order valence-corrected chi connectivity index (χ0v) is 16.8. The van der Waals surface area contributed by atoms with E-state index in [0.717, 1.165) is 4.90 Å². The summed E-state index contributed by atoms with van der Waals surface area (Å²) in [7, 11) is 0. The van der Waals surface area contributed by atoms with Crippen LogP contribution in [0.2, 0.25) is 0 Å². The maximum absolute atomic E-state index is 13.5. The lowest BCUT2D eigenvalue weighted by Gasteiger charge is -2.14. The van der Waals surface area contributed by atoms with Crippen LogP contribution in [0.1, 0.15) is 35.7 Å². The Morgan fingerprint density at radius 2 is 1.79 bits per heavy atom. The summed E-state index contributed by atoms with van der Waals surface area (Å²) in [5.74, 6) is -1.83. The second-order valence-corrected chi connectivity index (χ2v) is 7.12. The second kappa shape index (κ2) is 10.0. The van der Waals surface area contributed by atoms with Gasteiger partial charge in [0, 0.05) is 22.6 Å². The van der Waals surface area contributed by atoms with Crippen LogP contribution in [0.4, 0.5) is 10.1 Å². The Morgan fingerprint density at radius 1 is 1.11 bits per heavy atom. The molecule has 0 unspecified atom stereocenters. The standard InChI is InChI=1S/C21H22FNO4S/c1-13-4-7-16(12-18(13)22)23-21(26)14(2)27-20(25)11-10-19(24)15-5-8-17(28-3)9-6-15/h4-9,12,14H,10-11H2,1-3H3,(H,23,26)/t14-/m1/s1. The van der Waals surface area contributed by atoms with Gasteiger partial charge >= 0.3 is 5.97 Å². The van der Waals surface area contributed by atoms with Gasteiger partial charge in [0.2, 0.25) is 0 Å². The molecule has 5 nitrogen and oxygen atoms in total. The summed E-state index contributed by atoms with van der Waals surface area (Å²) in [6, 6.07) is 11.4. The molecule has 1 N–H and O–H groups in total. The van der Waals surface area contributed by atoms with Crippen LogP contribution in [0.3, 0.4) is 0 Å². The van der Waals surface area contributed by atoms with E-state index < -0.39 is 23.8 Å². The molecule has 0 aliphatic rings. The molecule has 148 valence electrons. The normalized spacial score (nSPS) is 11.6. The summed E-state index contributed by atoms with van der Waals surface area (Å²) >= 11 is 1.57. The fraction of sp³-hybridized carbons (Fsp3) is 0.286. The van der Waals surface area contributed by atoms with E-state index in [4.69, 9.17) is 4.74 Å². The van der Waals surface area contributed by atoms with Crippen molar-refractivity contribution in [1.82, 2.24) is 0 Å². The predicted molar refractivity (Wildman–Crippen MR) is 107 cm³/mol. The number of amides is 1. The van der Waals surface area contributed by atoms with Crippen LogP contribution < -0.4 is 5.32 Å². The first-order valence-corrected chi connectivity index (χ1v) is 9.96. The molecule has 0 aliphatic carbocycles. The van der Waals surface area contributed by atoms with Crippen molar-refractivity contribution in [3.63, 3.8) is 0 Å². The second-order valence-electron chi connectivity index (χ2n) is 6.24. The number of ketones is 1. The molecule has 0 heterocycles. The summed E-state index contributed by atoms with van der Waals surface area (Å²) in [5, 5.41) is 2.49. The minimum absolute atomic E-state index is 0.00500. The first kappa shape index (κ1) is 21.6. The predicted octanol–water partition coefficient (Wildman–Crippen LogP) is 4.39. The monoisotopic (exact) mass is 403 g/mol. The third kappa shape index (κ3) is 6.20. The fourth-order valence-corrected chi connectivity index (χ4v) is 2.77. The highest BCUT2D eigenvalue weighted by Gasteiger charge is 2.19. The topological polar surface area (TPSA) is 72.5 Å². The van der Waals surface area contributed by atoms with E-state index in [2.05, 4.69) is 5.32 Å². The Morgan fingerprint density at radius 3 is 2.39 bits per heavy atom. The summed E-state index contributed by atoms with van der Waals surface area (Å²) < 4.78 is 18.6. The molecule has 0 aromatic heterocycles. The zero-order chi connectivity index (χ0) is 20.7. The summed E-state index contributed by atoms with van der Waals surface area (Å²) in [4.78, 5) is 37.2. The van der Waals surface area contributed by atoms with Gasteiger partial charge in [-0.1, -0.05) is 18.2 Å². The van der Waals surface area contributed by atoms with Crippen molar-refractivity contribution >= 4 is 35.1 Å². The molecule has 2 aromatic rings. The number of nitrogens with one attached hydrogen (secondary N) is 1. The zero-order valence-electron chi connectivity index (χ0n) is 16.0. The number of rotatable bonds is 8. The van der Waals surface area contributed by atoms with E-state index in [1.165, 1.54) is 13.0 Å². The van der Waals surface area contributed by atoms with Gasteiger partial charge < -0.3 is 10.1 Å². The van der Waals surface area contributed by atoms with Crippen molar-refractivity contribution in [3.8, 4) is 0 Å². The lowest BCUT2D eigenvalue weighted by Crippen LogP contribution is -2.30. The summed E-state index contributed by atoms with van der Waals surface area (Å²) in [6.45, 7) is 3.03. The molecule has 0 saturated heterocycles. The average molecular weight is 403 g/mol. The number of Topliss-reactive ketones (excluding diaryl/α,β-unsaturated/α-hetero) is 1. The molecule has 28 heavy (non-hydrogen) atoms. The Labute approximate surface area is 167 Å². The number of hydrogen-bond donors (Lipinski definition) is 1. The number of halogens is 1. The van der Waals surface area contributed by atoms with E-state index in [0.29, 0.717) is 11.1 Å². The highest BCUT2D eigenvalue weighted by Crippen LogP contribution is 2.17. The van der Waals surface area contributed by atoms with Crippen molar-refractivity contribution < 1.29 is 23.5 Å². The van der Waals surface area contributed by atoms with Crippen LogP contribution in [0.15, 0.2) is 47.4 Å². The van der Waals surface area contributed by atoms with Gasteiger partial charge in [-0.2, -0.15) is 0 Å². The van der Waals surface area contributed by atoms with Crippen LogP contribution in [-0.4, -0.2) is 30.0 Å². The van der Waals surface area contributed by atoms with Crippen molar-refractivity contribution in [2.75, 3.05) is 11.6 Å². The van der Waals surface area contributed by atoms with Gasteiger partial charge in [-0.25, -0.2) is 4.39 Å². The van der Waals surface area contributed by atoms with Crippen LogP contribution in [0, 0.1) is 12.7 Å². The van der Waals surface area contributed by atoms with Gasteiger partial charge in [0.1, 0.15) is 5.82 Å². The number of aryl methyl sites for hydroxylation is 1. The molecule has 0 saturated carbocycles. The molecule has 2 rings (SSSR count). The number of ether oxygens (including phenoxy) is 1. The first-order valence-electron chi connectivity index (χ1n) is 8.74. The Balaban J connectivity index is 1.81.